The maximum Gasteiger partial charge on any atom is 0.258 e. The standard InChI is InChI=1S/C11H11BrN4O2/c1-18-11-8(10(14)17)9(13)16(15-11)7-4-2-6(12)3-5-7/h2-5H,13H2,1H3,(H2,14,17). The van der Waals surface area contributed by atoms with E-state index < -0.39 is 5.91 Å². The molecule has 6 nitrogen and oxygen atoms in total. The van der Waals surface area contributed by atoms with Crippen LogP contribution in [-0.4, -0.2) is 22.8 Å². The van der Waals surface area contributed by atoms with Crippen LogP contribution in [0.2, 0.25) is 0 Å². The highest BCUT2D eigenvalue weighted by molar-refractivity contribution is 9.10. The number of hydrogen-bond donors (Lipinski definition) is 2. The normalized spacial score (nSPS) is 10.3. The number of halogens is 1. The van der Waals surface area contributed by atoms with E-state index in [1.807, 2.05) is 12.1 Å². The number of ether oxygens (including phenoxy) is 1. The van der Waals surface area contributed by atoms with Gasteiger partial charge in [0, 0.05) is 4.47 Å². The Morgan fingerprint density at radius 1 is 1.39 bits per heavy atom. The van der Waals surface area contributed by atoms with E-state index in [1.54, 1.807) is 12.1 Å². The quantitative estimate of drug-likeness (QED) is 0.893. The summed E-state index contributed by atoms with van der Waals surface area (Å²) in [5.41, 5.74) is 11.9. The molecule has 1 amide bonds. The van der Waals surface area contributed by atoms with Crippen molar-refractivity contribution in [3.05, 3.63) is 34.3 Å². The van der Waals surface area contributed by atoms with E-state index in [4.69, 9.17) is 16.2 Å². The first-order valence-corrected chi connectivity index (χ1v) is 5.82. The minimum atomic E-state index is -0.673. The number of amides is 1. The Morgan fingerprint density at radius 2 is 2.00 bits per heavy atom. The van der Waals surface area contributed by atoms with Crippen LogP contribution in [0.15, 0.2) is 28.7 Å². The molecule has 0 bridgehead atoms. The lowest BCUT2D eigenvalue weighted by atomic mass is 10.3. The van der Waals surface area contributed by atoms with Gasteiger partial charge in [0.15, 0.2) is 0 Å². The number of nitrogens with zero attached hydrogens (tertiary/aromatic N) is 2. The number of rotatable bonds is 3. The highest BCUT2D eigenvalue weighted by Crippen LogP contribution is 2.26. The number of aromatic nitrogens is 2. The van der Waals surface area contributed by atoms with Crippen molar-refractivity contribution in [2.24, 2.45) is 5.73 Å². The van der Waals surface area contributed by atoms with E-state index in [0.717, 1.165) is 4.47 Å². The molecule has 0 aliphatic carbocycles. The Kier molecular flexibility index (Phi) is 3.24. The summed E-state index contributed by atoms with van der Waals surface area (Å²) in [6.45, 7) is 0. The molecular weight excluding hydrogens is 300 g/mol. The SMILES string of the molecule is COc1nn(-c2ccc(Br)cc2)c(N)c1C(N)=O. The molecule has 18 heavy (non-hydrogen) atoms. The Bertz CT molecular complexity index is 592. The number of benzene rings is 1. The first-order valence-electron chi connectivity index (χ1n) is 5.03. The zero-order valence-corrected chi connectivity index (χ0v) is 11.1. The van der Waals surface area contributed by atoms with Gasteiger partial charge in [0.05, 0.1) is 12.8 Å². The van der Waals surface area contributed by atoms with Gasteiger partial charge in [-0.3, -0.25) is 4.79 Å². The molecule has 1 aromatic carbocycles. The molecule has 0 fully saturated rings. The lowest BCUT2D eigenvalue weighted by Crippen LogP contribution is -2.14. The smallest absolute Gasteiger partial charge is 0.258 e. The first kappa shape index (κ1) is 12.4. The van der Waals surface area contributed by atoms with Crippen LogP contribution >= 0.6 is 15.9 Å². The topological polar surface area (TPSA) is 96.2 Å². The van der Waals surface area contributed by atoms with E-state index in [9.17, 15) is 4.79 Å². The third kappa shape index (κ3) is 2.04. The minimum Gasteiger partial charge on any atom is -0.479 e. The van der Waals surface area contributed by atoms with Crippen molar-refractivity contribution in [1.82, 2.24) is 9.78 Å². The number of hydrogen-bond acceptors (Lipinski definition) is 4. The average Bonchev–Trinajstić information content (AvgIpc) is 2.67. The van der Waals surface area contributed by atoms with Gasteiger partial charge in [0.2, 0.25) is 5.88 Å². The summed E-state index contributed by atoms with van der Waals surface area (Å²) in [5.74, 6) is -0.405. The van der Waals surface area contributed by atoms with E-state index in [0.29, 0.717) is 5.69 Å². The Balaban J connectivity index is 2.59. The van der Waals surface area contributed by atoms with Crippen molar-refractivity contribution in [3.8, 4) is 11.6 Å². The summed E-state index contributed by atoms with van der Waals surface area (Å²) in [4.78, 5) is 11.3. The molecule has 0 radical (unpaired) electrons. The van der Waals surface area contributed by atoms with Crippen LogP contribution in [0.25, 0.3) is 5.69 Å². The predicted octanol–water partition coefficient (Wildman–Crippen LogP) is 1.32. The molecule has 0 unspecified atom stereocenters. The van der Waals surface area contributed by atoms with Gasteiger partial charge in [-0.2, -0.15) is 0 Å². The second-order valence-electron chi connectivity index (χ2n) is 3.52. The van der Waals surface area contributed by atoms with Crippen molar-refractivity contribution < 1.29 is 9.53 Å². The van der Waals surface area contributed by atoms with Gasteiger partial charge < -0.3 is 16.2 Å². The molecular formula is C11H11BrN4O2. The van der Waals surface area contributed by atoms with Crippen LogP contribution in [0.3, 0.4) is 0 Å². The van der Waals surface area contributed by atoms with Crippen LogP contribution in [0.5, 0.6) is 5.88 Å². The molecule has 0 saturated carbocycles. The Hall–Kier alpha value is -2.02. The van der Waals surface area contributed by atoms with Crippen molar-refractivity contribution in [3.63, 3.8) is 0 Å². The van der Waals surface area contributed by atoms with Crippen LogP contribution < -0.4 is 16.2 Å². The van der Waals surface area contributed by atoms with E-state index >= 15 is 0 Å². The monoisotopic (exact) mass is 310 g/mol. The summed E-state index contributed by atoms with van der Waals surface area (Å²) < 4.78 is 7.33. The van der Waals surface area contributed by atoms with Crippen LogP contribution in [-0.2, 0) is 0 Å². The molecule has 2 aromatic rings. The highest BCUT2D eigenvalue weighted by atomic mass is 79.9. The van der Waals surface area contributed by atoms with Crippen LogP contribution in [0.1, 0.15) is 10.4 Å². The third-order valence-corrected chi connectivity index (χ3v) is 2.93. The zero-order chi connectivity index (χ0) is 13.3. The van der Waals surface area contributed by atoms with E-state index in [1.165, 1.54) is 11.8 Å². The predicted molar refractivity (Wildman–Crippen MR) is 70.7 cm³/mol. The number of nitrogen functional groups attached to an aromatic ring is 1. The van der Waals surface area contributed by atoms with E-state index in [-0.39, 0.29) is 17.3 Å². The van der Waals surface area contributed by atoms with Crippen molar-refractivity contribution in [2.75, 3.05) is 12.8 Å². The van der Waals surface area contributed by atoms with E-state index in [2.05, 4.69) is 21.0 Å². The molecule has 4 N–H and O–H groups in total. The van der Waals surface area contributed by atoms with Crippen LogP contribution in [0, 0.1) is 0 Å². The van der Waals surface area contributed by atoms with Gasteiger partial charge in [-0.05, 0) is 24.3 Å². The summed E-state index contributed by atoms with van der Waals surface area (Å²) >= 11 is 3.33. The van der Waals surface area contributed by atoms with Crippen LogP contribution in [0.4, 0.5) is 5.82 Å². The third-order valence-electron chi connectivity index (χ3n) is 2.40. The highest BCUT2D eigenvalue weighted by Gasteiger charge is 2.21. The molecule has 0 saturated heterocycles. The summed E-state index contributed by atoms with van der Waals surface area (Å²) in [6, 6.07) is 7.29. The molecule has 2 rings (SSSR count). The fourth-order valence-electron chi connectivity index (χ4n) is 1.56. The Morgan fingerprint density at radius 3 is 2.44 bits per heavy atom. The summed E-state index contributed by atoms with van der Waals surface area (Å²) in [7, 11) is 1.40. The number of carbonyl (C=O) groups is 1. The molecule has 1 heterocycles. The minimum absolute atomic E-state index is 0.0837. The van der Waals surface area contributed by atoms with Gasteiger partial charge in [-0.25, -0.2) is 4.68 Å². The number of methoxy groups -OCH3 is 1. The number of primary amides is 1. The van der Waals surface area contributed by atoms with Gasteiger partial charge in [-0.1, -0.05) is 15.9 Å². The number of nitrogens with two attached hydrogens (primary N) is 2. The summed E-state index contributed by atoms with van der Waals surface area (Å²) in [6.07, 6.45) is 0. The fourth-order valence-corrected chi connectivity index (χ4v) is 1.83. The number of carbonyl (C=O) groups excluding carboxylic acids is 1. The molecule has 1 aromatic heterocycles. The number of anilines is 1. The second kappa shape index (κ2) is 4.69. The molecule has 94 valence electrons. The fraction of sp³-hybridized carbons (Fsp3) is 0.0909. The zero-order valence-electron chi connectivity index (χ0n) is 9.55. The molecule has 7 heteroatoms. The molecule has 0 aliphatic heterocycles. The first-order chi connectivity index (χ1) is 8.54. The maximum absolute atomic E-state index is 11.3. The second-order valence-corrected chi connectivity index (χ2v) is 4.44. The van der Waals surface area contributed by atoms with Gasteiger partial charge in [0.1, 0.15) is 11.4 Å². The van der Waals surface area contributed by atoms with Gasteiger partial charge >= 0.3 is 0 Å². The molecule has 0 aliphatic rings. The van der Waals surface area contributed by atoms with Gasteiger partial charge in [-0.15, -0.1) is 5.10 Å². The lowest BCUT2D eigenvalue weighted by Gasteiger charge is -2.03. The lowest BCUT2D eigenvalue weighted by molar-refractivity contribution is 0.0998. The molecule has 0 spiro atoms. The van der Waals surface area contributed by atoms with Crippen molar-refractivity contribution in [2.45, 2.75) is 0 Å². The average molecular weight is 311 g/mol. The molecule has 0 atom stereocenters. The maximum atomic E-state index is 11.3. The Labute approximate surface area is 112 Å². The van der Waals surface area contributed by atoms with Crippen molar-refractivity contribution in [1.29, 1.82) is 0 Å². The largest absolute Gasteiger partial charge is 0.479 e. The summed E-state index contributed by atoms with van der Waals surface area (Å²) in [5, 5.41) is 4.10. The van der Waals surface area contributed by atoms with Gasteiger partial charge in [0.25, 0.3) is 5.91 Å². The van der Waals surface area contributed by atoms with Crippen molar-refractivity contribution >= 4 is 27.7 Å².